The maximum absolute atomic E-state index is 12.8. The molecular weight excluding hydrogens is 410 g/mol. The van der Waals surface area contributed by atoms with Gasteiger partial charge in [0.2, 0.25) is 11.8 Å². The maximum Gasteiger partial charge on any atom is 0.338 e. The molecule has 2 aromatic carbocycles. The number of ether oxygens (including phenoxy) is 2. The highest BCUT2D eigenvalue weighted by Crippen LogP contribution is 2.42. The minimum Gasteiger partial charge on any atom is -0.497 e. The second kappa shape index (κ2) is 8.94. The summed E-state index contributed by atoms with van der Waals surface area (Å²) in [6, 6.07) is 12.7. The lowest BCUT2D eigenvalue weighted by molar-refractivity contribution is -0.122. The Labute approximate surface area is 186 Å². The summed E-state index contributed by atoms with van der Waals surface area (Å²) in [6.45, 7) is 1.72. The van der Waals surface area contributed by atoms with Crippen LogP contribution < -0.4 is 9.64 Å². The SMILES string of the molecule is COc1ccc(C(=O)COC(=O)c2ccc(N3C(=O)[C@@H]4CC[C@@H](C)C[C@H]4C3=O)cc2)cc1. The van der Waals surface area contributed by atoms with Crippen LogP contribution in [-0.2, 0) is 14.3 Å². The molecule has 2 fully saturated rings. The van der Waals surface area contributed by atoms with Gasteiger partial charge in [-0.2, -0.15) is 0 Å². The molecule has 1 saturated heterocycles. The number of ketones is 1. The lowest BCUT2D eigenvalue weighted by atomic mass is 9.76. The van der Waals surface area contributed by atoms with Crippen molar-refractivity contribution >= 4 is 29.3 Å². The fourth-order valence-electron chi connectivity index (χ4n) is 4.47. The van der Waals surface area contributed by atoms with Crippen molar-refractivity contribution < 1.29 is 28.7 Å². The van der Waals surface area contributed by atoms with Crippen molar-refractivity contribution in [3.63, 3.8) is 0 Å². The lowest BCUT2D eigenvalue weighted by Gasteiger charge is -2.25. The topological polar surface area (TPSA) is 90.0 Å². The molecule has 0 spiro atoms. The molecule has 3 atom stereocenters. The number of Topliss-reactive ketones (excluding diaryl/α,β-unsaturated/α-hetero) is 1. The molecule has 7 nitrogen and oxygen atoms in total. The third kappa shape index (κ3) is 4.15. The smallest absolute Gasteiger partial charge is 0.338 e. The standard InChI is InChI=1S/C25H25NO6/c1-15-3-12-20-21(13-15)24(29)26(23(20)28)18-8-4-17(5-9-18)25(30)32-14-22(27)16-6-10-19(31-2)11-7-16/h4-11,15,20-21H,3,12-14H2,1-2H3/t15-,20-,21-/m1/s1. The highest BCUT2D eigenvalue weighted by molar-refractivity contribution is 6.22. The van der Waals surface area contributed by atoms with Crippen LogP contribution in [0.15, 0.2) is 48.5 Å². The number of methoxy groups -OCH3 is 1. The van der Waals surface area contributed by atoms with Crippen LogP contribution in [0.3, 0.4) is 0 Å². The molecule has 0 bridgehead atoms. The van der Waals surface area contributed by atoms with Gasteiger partial charge < -0.3 is 9.47 Å². The zero-order chi connectivity index (χ0) is 22.8. The van der Waals surface area contributed by atoms with Crippen LogP contribution in [0.2, 0.25) is 0 Å². The second-order valence-electron chi connectivity index (χ2n) is 8.42. The highest BCUT2D eigenvalue weighted by Gasteiger charge is 2.49. The third-order valence-electron chi connectivity index (χ3n) is 6.30. The van der Waals surface area contributed by atoms with Gasteiger partial charge in [0.1, 0.15) is 5.75 Å². The number of amides is 2. The predicted octanol–water partition coefficient (Wildman–Crippen LogP) is 3.66. The first-order valence-corrected chi connectivity index (χ1v) is 10.7. The summed E-state index contributed by atoms with van der Waals surface area (Å²) >= 11 is 0. The summed E-state index contributed by atoms with van der Waals surface area (Å²) in [5, 5.41) is 0. The molecule has 166 valence electrons. The van der Waals surface area contributed by atoms with Crippen LogP contribution in [0.4, 0.5) is 5.69 Å². The van der Waals surface area contributed by atoms with Gasteiger partial charge >= 0.3 is 5.97 Å². The van der Waals surface area contributed by atoms with Gasteiger partial charge in [0.05, 0.1) is 30.2 Å². The van der Waals surface area contributed by atoms with Crippen molar-refractivity contribution in [3.8, 4) is 5.75 Å². The van der Waals surface area contributed by atoms with Crippen LogP contribution in [0.25, 0.3) is 0 Å². The highest BCUT2D eigenvalue weighted by atomic mass is 16.5. The van der Waals surface area contributed by atoms with E-state index in [4.69, 9.17) is 9.47 Å². The predicted molar refractivity (Wildman–Crippen MR) is 117 cm³/mol. The molecule has 0 aromatic heterocycles. The first kappa shape index (κ1) is 21.7. The molecule has 1 aliphatic carbocycles. The van der Waals surface area contributed by atoms with E-state index in [1.54, 1.807) is 36.4 Å². The number of carbonyl (C=O) groups is 4. The lowest BCUT2D eigenvalue weighted by Crippen LogP contribution is -2.30. The third-order valence-corrected chi connectivity index (χ3v) is 6.30. The summed E-state index contributed by atoms with van der Waals surface area (Å²) in [4.78, 5) is 51.4. The molecule has 0 radical (unpaired) electrons. The molecule has 0 N–H and O–H groups in total. The van der Waals surface area contributed by atoms with Gasteiger partial charge in [-0.3, -0.25) is 19.3 Å². The van der Waals surface area contributed by atoms with Gasteiger partial charge in [0.25, 0.3) is 0 Å². The Hall–Kier alpha value is -3.48. The number of hydrogen-bond donors (Lipinski definition) is 0. The van der Waals surface area contributed by atoms with E-state index in [2.05, 4.69) is 6.92 Å². The zero-order valence-electron chi connectivity index (χ0n) is 18.1. The molecule has 0 unspecified atom stereocenters. The van der Waals surface area contributed by atoms with Crippen molar-refractivity contribution in [1.82, 2.24) is 0 Å². The molecule has 2 aliphatic rings. The van der Waals surface area contributed by atoms with E-state index in [0.29, 0.717) is 22.9 Å². The Morgan fingerprint density at radius 2 is 1.53 bits per heavy atom. The number of imide groups is 1. The monoisotopic (exact) mass is 435 g/mol. The van der Waals surface area contributed by atoms with Crippen molar-refractivity contribution in [1.29, 1.82) is 0 Å². The molecule has 2 aromatic rings. The normalized spacial score (nSPS) is 22.4. The van der Waals surface area contributed by atoms with Gasteiger partial charge in [0.15, 0.2) is 12.4 Å². The van der Waals surface area contributed by atoms with E-state index in [0.717, 1.165) is 19.3 Å². The molecule has 7 heteroatoms. The summed E-state index contributed by atoms with van der Waals surface area (Å²) in [6.07, 6.45) is 2.42. The number of carbonyl (C=O) groups excluding carboxylic acids is 4. The Morgan fingerprint density at radius 1 is 0.906 bits per heavy atom. The summed E-state index contributed by atoms with van der Waals surface area (Å²) in [5.74, 6) is -0.734. The number of anilines is 1. The van der Waals surface area contributed by atoms with E-state index in [1.807, 2.05) is 0 Å². The van der Waals surface area contributed by atoms with Gasteiger partial charge in [0, 0.05) is 5.56 Å². The van der Waals surface area contributed by atoms with Crippen molar-refractivity contribution in [2.75, 3.05) is 18.6 Å². The number of hydrogen-bond acceptors (Lipinski definition) is 6. The summed E-state index contributed by atoms with van der Waals surface area (Å²) in [7, 11) is 1.53. The van der Waals surface area contributed by atoms with Gasteiger partial charge in [-0.15, -0.1) is 0 Å². The van der Waals surface area contributed by atoms with E-state index in [-0.39, 0.29) is 35.0 Å². The largest absolute Gasteiger partial charge is 0.497 e. The summed E-state index contributed by atoms with van der Waals surface area (Å²) in [5.41, 5.74) is 1.10. The van der Waals surface area contributed by atoms with E-state index in [1.165, 1.54) is 24.1 Å². The molecule has 32 heavy (non-hydrogen) atoms. The zero-order valence-corrected chi connectivity index (χ0v) is 18.1. The average molecular weight is 435 g/mol. The van der Waals surface area contributed by atoms with Crippen molar-refractivity contribution in [2.45, 2.75) is 26.2 Å². The Balaban J connectivity index is 1.39. The van der Waals surface area contributed by atoms with Crippen LogP contribution in [0.1, 0.15) is 46.9 Å². The van der Waals surface area contributed by atoms with Crippen molar-refractivity contribution in [3.05, 3.63) is 59.7 Å². The quantitative estimate of drug-likeness (QED) is 0.391. The molecule has 1 aliphatic heterocycles. The number of benzene rings is 2. The van der Waals surface area contributed by atoms with E-state index in [9.17, 15) is 19.2 Å². The van der Waals surface area contributed by atoms with Crippen LogP contribution in [0.5, 0.6) is 5.75 Å². The Bertz CT molecular complexity index is 1040. The molecule has 4 rings (SSSR count). The van der Waals surface area contributed by atoms with Crippen LogP contribution in [0, 0.1) is 17.8 Å². The van der Waals surface area contributed by atoms with E-state index >= 15 is 0 Å². The van der Waals surface area contributed by atoms with E-state index < -0.39 is 12.6 Å². The Morgan fingerprint density at radius 3 is 2.19 bits per heavy atom. The minimum absolute atomic E-state index is 0.160. The molecule has 2 amide bonds. The summed E-state index contributed by atoms with van der Waals surface area (Å²) < 4.78 is 10.2. The maximum atomic E-state index is 12.8. The number of fused-ring (bicyclic) bond motifs is 1. The van der Waals surface area contributed by atoms with Gasteiger partial charge in [-0.25, -0.2) is 4.79 Å². The van der Waals surface area contributed by atoms with Crippen LogP contribution >= 0.6 is 0 Å². The van der Waals surface area contributed by atoms with Gasteiger partial charge in [-0.05, 0) is 73.7 Å². The molecular formula is C25H25NO6. The minimum atomic E-state index is -0.653. The molecule has 1 saturated carbocycles. The van der Waals surface area contributed by atoms with Crippen LogP contribution in [-0.4, -0.2) is 37.3 Å². The first-order valence-electron chi connectivity index (χ1n) is 10.7. The first-order chi connectivity index (χ1) is 15.4. The average Bonchev–Trinajstić information content (AvgIpc) is 3.06. The Kier molecular flexibility index (Phi) is 6.08. The fraction of sp³-hybridized carbons (Fsp3) is 0.360. The van der Waals surface area contributed by atoms with Crippen molar-refractivity contribution in [2.24, 2.45) is 17.8 Å². The molecule has 1 heterocycles. The second-order valence-corrected chi connectivity index (χ2v) is 8.42. The number of esters is 1. The van der Waals surface area contributed by atoms with Gasteiger partial charge in [-0.1, -0.05) is 6.92 Å². The number of nitrogens with zero attached hydrogens (tertiary/aromatic N) is 1. The fourth-order valence-corrected chi connectivity index (χ4v) is 4.47. The number of rotatable bonds is 6.